The Balaban J connectivity index is 2.70. The minimum Gasteiger partial charge on any atom is -0.396 e. The number of carbonyl (C=O) groups is 1. The van der Waals surface area contributed by atoms with Crippen LogP contribution < -0.4 is 5.32 Å². The highest BCUT2D eigenvalue weighted by Crippen LogP contribution is 2.16. The molecule has 1 aromatic rings. The predicted molar refractivity (Wildman–Crippen MR) is 72.5 cm³/mol. The van der Waals surface area contributed by atoms with Gasteiger partial charge in [0.2, 0.25) is 0 Å². The summed E-state index contributed by atoms with van der Waals surface area (Å²) in [5.41, 5.74) is 1.80. The number of halogens is 1. The molecule has 0 aliphatic heterocycles. The highest BCUT2D eigenvalue weighted by atomic mass is 127. The van der Waals surface area contributed by atoms with Gasteiger partial charge in [-0.25, -0.2) is 0 Å². The molecule has 0 heterocycles. The van der Waals surface area contributed by atoms with E-state index in [-0.39, 0.29) is 18.4 Å². The Morgan fingerprint density at radius 1 is 1.56 bits per heavy atom. The second kappa shape index (κ2) is 6.20. The molecule has 4 heteroatoms. The van der Waals surface area contributed by atoms with Crippen molar-refractivity contribution in [3.05, 3.63) is 32.9 Å². The molecule has 0 saturated heterocycles. The van der Waals surface area contributed by atoms with E-state index in [1.165, 1.54) is 0 Å². The number of aryl methyl sites for hydroxylation is 1. The van der Waals surface area contributed by atoms with E-state index in [1.54, 1.807) is 0 Å². The normalized spacial score (nSPS) is 12.2. The van der Waals surface area contributed by atoms with Crippen LogP contribution in [0.4, 0.5) is 0 Å². The van der Waals surface area contributed by atoms with E-state index in [1.807, 2.05) is 32.0 Å². The SMILES string of the molecule is Cc1cccc(C(=O)NCC(C)CO)c1I. The summed E-state index contributed by atoms with van der Waals surface area (Å²) >= 11 is 2.18. The van der Waals surface area contributed by atoms with Crippen LogP contribution >= 0.6 is 22.6 Å². The Morgan fingerprint density at radius 3 is 2.88 bits per heavy atom. The van der Waals surface area contributed by atoms with Gasteiger partial charge in [-0.1, -0.05) is 19.1 Å². The van der Waals surface area contributed by atoms with E-state index in [4.69, 9.17) is 5.11 Å². The van der Waals surface area contributed by atoms with Gasteiger partial charge in [0.05, 0.1) is 5.56 Å². The standard InChI is InChI=1S/C12H16INO2/c1-8(7-15)6-14-12(16)10-5-3-4-9(2)11(10)13/h3-5,8,15H,6-7H2,1-2H3,(H,14,16). The van der Waals surface area contributed by atoms with Crippen molar-refractivity contribution >= 4 is 28.5 Å². The van der Waals surface area contributed by atoms with Crippen molar-refractivity contribution in [3.63, 3.8) is 0 Å². The maximum atomic E-state index is 11.8. The molecule has 0 radical (unpaired) electrons. The molecule has 0 bridgehead atoms. The molecule has 88 valence electrons. The molecule has 3 nitrogen and oxygen atoms in total. The minimum atomic E-state index is -0.0756. The molecule has 0 aliphatic rings. The van der Waals surface area contributed by atoms with Gasteiger partial charge in [0.15, 0.2) is 0 Å². The Morgan fingerprint density at radius 2 is 2.25 bits per heavy atom. The average Bonchev–Trinajstić information content (AvgIpc) is 2.29. The fourth-order valence-corrected chi connectivity index (χ4v) is 1.85. The number of aliphatic hydroxyl groups excluding tert-OH is 1. The molecular weight excluding hydrogens is 317 g/mol. The van der Waals surface area contributed by atoms with Crippen LogP contribution in [0.2, 0.25) is 0 Å². The third-order valence-corrected chi connectivity index (χ3v) is 3.79. The lowest BCUT2D eigenvalue weighted by molar-refractivity contribution is 0.0941. The molecule has 1 rings (SSSR count). The van der Waals surface area contributed by atoms with Gasteiger partial charge in [-0.2, -0.15) is 0 Å². The molecule has 2 N–H and O–H groups in total. The molecule has 0 aliphatic carbocycles. The number of carbonyl (C=O) groups excluding carboxylic acids is 1. The van der Waals surface area contributed by atoms with E-state index < -0.39 is 0 Å². The van der Waals surface area contributed by atoms with Crippen molar-refractivity contribution in [3.8, 4) is 0 Å². The summed E-state index contributed by atoms with van der Waals surface area (Å²) < 4.78 is 0.981. The number of amides is 1. The zero-order valence-electron chi connectivity index (χ0n) is 9.46. The molecule has 0 saturated carbocycles. The second-order valence-electron chi connectivity index (χ2n) is 3.93. The summed E-state index contributed by atoms with van der Waals surface area (Å²) in [6.45, 7) is 4.46. The van der Waals surface area contributed by atoms with E-state index in [0.717, 1.165) is 9.13 Å². The third kappa shape index (κ3) is 3.45. The first kappa shape index (κ1) is 13.4. The fraction of sp³-hybridized carbons (Fsp3) is 0.417. The van der Waals surface area contributed by atoms with Crippen molar-refractivity contribution in [1.29, 1.82) is 0 Å². The lowest BCUT2D eigenvalue weighted by atomic mass is 10.1. The topological polar surface area (TPSA) is 49.3 Å². The summed E-state index contributed by atoms with van der Waals surface area (Å²) in [5, 5.41) is 11.7. The van der Waals surface area contributed by atoms with Gasteiger partial charge in [0, 0.05) is 16.7 Å². The van der Waals surface area contributed by atoms with Gasteiger partial charge in [-0.3, -0.25) is 4.79 Å². The van der Waals surface area contributed by atoms with Crippen molar-refractivity contribution in [1.82, 2.24) is 5.32 Å². The monoisotopic (exact) mass is 333 g/mol. The second-order valence-corrected chi connectivity index (χ2v) is 5.01. The zero-order valence-corrected chi connectivity index (χ0v) is 11.6. The number of hydrogen-bond donors (Lipinski definition) is 2. The molecule has 1 aromatic carbocycles. The van der Waals surface area contributed by atoms with Crippen molar-refractivity contribution in [2.24, 2.45) is 5.92 Å². The van der Waals surface area contributed by atoms with E-state index in [9.17, 15) is 4.79 Å². The van der Waals surface area contributed by atoms with Gasteiger partial charge in [-0.05, 0) is 47.1 Å². The lowest BCUT2D eigenvalue weighted by Crippen LogP contribution is -2.30. The zero-order chi connectivity index (χ0) is 12.1. The van der Waals surface area contributed by atoms with Gasteiger partial charge >= 0.3 is 0 Å². The summed E-state index contributed by atoms with van der Waals surface area (Å²) in [5.74, 6) is 0.0137. The van der Waals surface area contributed by atoms with Crippen molar-refractivity contribution in [2.45, 2.75) is 13.8 Å². The van der Waals surface area contributed by atoms with Crippen LogP contribution in [0.3, 0.4) is 0 Å². The summed E-state index contributed by atoms with van der Waals surface area (Å²) in [4.78, 5) is 11.8. The van der Waals surface area contributed by atoms with Crippen LogP contribution in [0.1, 0.15) is 22.8 Å². The first-order valence-electron chi connectivity index (χ1n) is 5.20. The molecule has 0 aromatic heterocycles. The molecule has 1 atom stereocenters. The average molecular weight is 333 g/mol. The maximum absolute atomic E-state index is 11.8. The quantitative estimate of drug-likeness (QED) is 0.828. The Labute approximate surface area is 109 Å². The number of nitrogens with one attached hydrogen (secondary N) is 1. The molecule has 1 unspecified atom stereocenters. The largest absolute Gasteiger partial charge is 0.396 e. The smallest absolute Gasteiger partial charge is 0.252 e. The van der Waals surface area contributed by atoms with E-state index >= 15 is 0 Å². The van der Waals surface area contributed by atoms with Gasteiger partial charge < -0.3 is 10.4 Å². The van der Waals surface area contributed by atoms with Gasteiger partial charge in [0.1, 0.15) is 0 Å². The van der Waals surface area contributed by atoms with Gasteiger partial charge in [-0.15, -0.1) is 0 Å². The highest BCUT2D eigenvalue weighted by Gasteiger charge is 2.11. The molecule has 16 heavy (non-hydrogen) atoms. The first-order valence-corrected chi connectivity index (χ1v) is 6.28. The summed E-state index contributed by atoms with van der Waals surface area (Å²) in [6, 6.07) is 5.67. The van der Waals surface area contributed by atoms with Crippen LogP contribution in [0.15, 0.2) is 18.2 Å². The number of hydrogen-bond acceptors (Lipinski definition) is 2. The van der Waals surface area contributed by atoms with Crippen LogP contribution in [0, 0.1) is 16.4 Å². The van der Waals surface area contributed by atoms with E-state index in [0.29, 0.717) is 12.1 Å². The highest BCUT2D eigenvalue weighted by molar-refractivity contribution is 14.1. The Hall–Kier alpha value is -0.620. The van der Waals surface area contributed by atoms with Crippen LogP contribution in [0.5, 0.6) is 0 Å². The summed E-state index contributed by atoms with van der Waals surface area (Å²) in [7, 11) is 0. The minimum absolute atomic E-state index is 0.0756. The predicted octanol–water partition coefficient (Wildman–Crippen LogP) is 1.96. The fourth-order valence-electron chi connectivity index (χ4n) is 1.25. The van der Waals surface area contributed by atoms with Gasteiger partial charge in [0.25, 0.3) is 5.91 Å². The van der Waals surface area contributed by atoms with Crippen molar-refractivity contribution in [2.75, 3.05) is 13.2 Å². The number of aliphatic hydroxyl groups is 1. The van der Waals surface area contributed by atoms with Crippen molar-refractivity contribution < 1.29 is 9.90 Å². The molecular formula is C12H16INO2. The van der Waals surface area contributed by atoms with Crippen LogP contribution in [-0.4, -0.2) is 24.2 Å². The Kier molecular flexibility index (Phi) is 5.21. The van der Waals surface area contributed by atoms with Crippen LogP contribution in [-0.2, 0) is 0 Å². The number of rotatable bonds is 4. The molecule has 0 fully saturated rings. The lowest BCUT2D eigenvalue weighted by Gasteiger charge is -2.11. The third-order valence-electron chi connectivity index (χ3n) is 2.36. The maximum Gasteiger partial charge on any atom is 0.252 e. The van der Waals surface area contributed by atoms with Crippen LogP contribution in [0.25, 0.3) is 0 Å². The summed E-state index contributed by atoms with van der Waals surface area (Å²) in [6.07, 6.45) is 0. The Bertz CT molecular complexity index is 379. The first-order chi connectivity index (χ1) is 7.56. The molecule has 0 spiro atoms. The van der Waals surface area contributed by atoms with E-state index in [2.05, 4.69) is 27.9 Å². The molecule has 1 amide bonds. The number of benzene rings is 1.